The molecule has 1 aliphatic carbocycles. The quantitative estimate of drug-likeness (QED) is 0.646. The Balaban J connectivity index is 1.20. The van der Waals surface area contributed by atoms with Crippen LogP contribution >= 0.6 is 0 Å². The van der Waals surface area contributed by atoms with E-state index in [0.717, 1.165) is 24.2 Å². The van der Waals surface area contributed by atoms with Crippen LogP contribution in [-0.2, 0) is 20.9 Å². The minimum atomic E-state index is -0.235. The summed E-state index contributed by atoms with van der Waals surface area (Å²) in [5.74, 6) is 1.30. The monoisotopic (exact) mass is 395 g/mol. The number of ether oxygens (including phenoxy) is 3. The minimum Gasteiger partial charge on any atom is -0.497 e. The van der Waals surface area contributed by atoms with Crippen LogP contribution in [0.5, 0.6) is 5.75 Å². The number of rotatable bonds is 7. The Bertz CT molecular complexity index is 811. The lowest BCUT2D eigenvalue weighted by Gasteiger charge is -2.30. The third-order valence-electron chi connectivity index (χ3n) is 6.63. The van der Waals surface area contributed by atoms with Crippen molar-refractivity contribution in [2.45, 2.75) is 50.2 Å². The summed E-state index contributed by atoms with van der Waals surface area (Å²) in [6.45, 7) is 2.01. The van der Waals surface area contributed by atoms with E-state index in [1.165, 1.54) is 18.4 Å². The highest BCUT2D eigenvalue weighted by Crippen LogP contribution is 2.56. The van der Waals surface area contributed by atoms with E-state index in [9.17, 15) is 0 Å². The first kappa shape index (κ1) is 19.1. The second kappa shape index (κ2) is 8.07. The fraction of sp³-hybridized carbons (Fsp3) is 0.500. The van der Waals surface area contributed by atoms with Crippen LogP contribution in [0.15, 0.2) is 54.6 Å². The predicted molar refractivity (Wildman–Crippen MR) is 109 cm³/mol. The van der Waals surface area contributed by atoms with Crippen molar-refractivity contribution < 1.29 is 19.0 Å². The first-order chi connectivity index (χ1) is 14.3. The van der Waals surface area contributed by atoms with Crippen molar-refractivity contribution in [3.63, 3.8) is 0 Å². The van der Waals surface area contributed by atoms with Gasteiger partial charge in [-0.1, -0.05) is 42.5 Å². The number of benzene rings is 2. The van der Waals surface area contributed by atoms with Crippen LogP contribution in [0, 0.1) is 5.92 Å². The van der Waals surface area contributed by atoms with Gasteiger partial charge in [0.05, 0.1) is 32.5 Å². The van der Waals surface area contributed by atoms with Crippen LogP contribution < -0.4 is 4.74 Å². The Kier molecular flexibility index (Phi) is 5.31. The third kappa shape index (κ3) is 3.46. The molecule has 1 saturated carbocycles. The number of hydroxylamine groups is 2. The highest BCUT2D eigenvalue weighted by molar-refractivity contribution is 5.26. The average molecular weight is 395 g/mol. The van der Waals surface area contributed by atoms with Gasteiger partial charge < -0.3 is 14.2 Å². The molecule has 3 aliphatic rings. The molecular weight excluding hydrogens is 366 g/mol. The molecule has 0 aromatic heterocycles. The van der Waals surface area contributed by atoms with E-state index in [2.05, 4.69) is 35.4 Å². The van der Waals surface area contributed by atoms with Crippen molar-refractivity contribution >= 4 is 0 Å². The molecular formula is C24H29NO4. The SMILES string of the molecule is COc1ccc(COCC[C@@H]2ON3[C@H](c4ccccc4)CO[C@]34CCC[C@H]24)cc1. The number of hydrogen-bond acceptors (Lipinski definition) is 5. The maximum Gasteiger partial charge on any atom is 0.150 e. The van der Waals surface area contributed by atoms with Gasteiger partial charge in [-0.3, -0.25) is 4.84 Å². The van der Waals surface area contributed by atoms with E-state index < -0.39 is 0 Å². The lowest BCUT2D eigenvalue weighted by Crippen LogP contribution is -2.41. The predicted octanol–water partition coefficient (Wildman–Crippen LogP) is 4.49. The van der Waals surface area contributed by atoms with E-state index in [4.69, 9.17) is 19.0 Å². The molecule has 0 amide bonds. The summed E-state index contributed by atoms with van der Waals surface area (Å²) in [7, 11) is 1.68. The van der Waals surface area contributed by atoms with E-state index >= 15 is 0 Å². The van der Waals surface area contributed by atoms with Crippen molar-refractivity contribution in [1.82, 2.24) is 5.06 Å². The molecule has 4 atom stereocenters. The fourth-order valence-corrected chi connectivity index (χ4v) is 5.19. The van der Waals surface area contributed by atoms with Gasteiger partial charge in [0.2, 0.25) is 0 Å². The van der Waals surface area contributed by atoms with Crippen molar-refractivity contribution in [2.75, 3.05) is 20.3 Å². The maximum atomic E-state index is 6.50. The summed E-state index contributed by atoms with van der Waals surface area (Å²) in [5.41, 5.74) is 2.19. The second-order valence-corrected chi connectivity index (χ2v) is 8.24. The summed E-state index contributed by atoms with van der Waals surface area (Å²) < 4.78 is 17.6. The van der Waals surface area contributed by atoms with E-state index in [-0.39, 0.29) is 17.9 Å². The van der Waals surface area contributed by atoms with Gasteiger partial charge in [-0.25, -0.2) is 0 Å². The Labute approximate surface area is 172 Å². The summed E-state index contributed by atoms with van der Waals surface area (Å²) >= 11 is 0. The summed E-state index contributed by atoms with van der Waals surface area (Å²) in [5, 5.41) is 2.19. The molecule has 2 aromatic rings. The van der Waals surface area contributed by atoms with Gasteiger partial charge in [-0.2, -0.15) is 0 Å². The number of nitrogens with zero attached hydrogens (tertiary/aromatic N) is 1. The Hall–Kier alpha value is -1.92. The summed E-state index contributed by atoms with van der Waals surface area (Å²) in [6.07, 6.45) is 4.49. The average Bonchev–Trinajstić information content (AvgIpc) is 3.42. The summed E-state index contributed by atoms with van der Waals surface area (Å²) in [6, 6.07) is 18.8. The van der Waals surface area contributed by atoms with Crippen LogP contribution in [0.1, 0.15) is 42.9 Å². The first-order valence-corrected chi connectivity index (χ1v) is 10.7. The molecule has 1 spiro atoms. The Morgan fingerprint density at radius 2 is 1.93 bits per heavy atom. The van der Waals surface area contributed by atoms with Crippen LogP contribution in [0.2, 0.25) is 0 Å². The van der Waals surface area contributed by atoms with Gasteiger partial charge in [0.25, 0.3) is 0 Å². The molecule has 154 valence electrons. The molecule has 2 saturated heterocycles. The molecule has 0 bridgehead atoms. The van der Waals surface area contributed by atoms with Gasteiger partial charge in [-0.15, -0.1) is 5.06 Å². The molecule has 5 heteroatoms. The van der Waals surface area contributed by atoms with Crippen LogP contribution in [0.25, 0.3) is 0 Å². The van der Waals surface area contributed by atoms with Crippen LogP contribution in [0.4, 0.5) is 0 Å². The fourth-order valence-electron chi connectivity index (χ4n) is 5.19. The van der Waals surface area contributed by atoms with Crippen molar-refractivity contribution in [1.29, 1.82) is 0 Å². The van der Waals surface area contributed by atoms with Gasteiger partial charge >= 0.3 is 0 Å². The molecule has 2 aliphatic heterocycles. The second-order valence-electron chi connectivity index (χ2n) is 8.24. The molecule has 3 fully saturated rings. The smallest absolute Gasteiger partial charge is 0.150 e. The molecule has 5 nitrogen and oxygen atoms in total. The largest absolute Gasteiger partial charge is 0.497 e. The normalized spacial score (nSPS) is 31.0. The zero-order valence-corrected chi connectivity index (χ0v) is 17.0. The minimum absolute atomic E-state index is 0.167. The zero-order chi connectivity index (χ0) is 19.7. The van der Waals surface area contributed by atoms with Crippen LogP contribution in [-0.4, -0.2) is 37.2 Å². The third-order valence-corrected chi connectivity index (χ3v) is 6.63. The molecule has 0 unspecified atom stereocenters. The highest BCUT2D eigenvalue weighted by atomic mass is 16.8. The van der Waals surface area contributed by atoms with Gasteiger partial charge in [0.1, 0.15) is 11.5 Å². The van der Waals surface area contributed by atoms with Crippen LogP contribution in [0.3, 0.4) is 0 Å². The Morgan fingerprint density at radius 1 is 1.10 bits per heavy atom. The van der Waals surface area contributed by atoms with E-state index in [0.29, 0.717) is 25.7 Å². The number of hydrogen-bond donors (Lipinski definition) is 0. The lowest BCUT2D eigenvalue weighted by atomic mass is 9.92. The maximum absolute atomic E-state index is 6.50. The molecule has 0 N–H and O–H groups in total. The molecule has 29 heavy (non-hydrogen) atoms. The van der Waals surface area contributed by atoms with Gasteiger partial charge in [0.15, 0.2) is 0 Å². The van der Waals surface area contributed by atoms with E-state index in [1.807, 2.05) is 24.3 Å². The Morgan fingerprint density at radius 3 is 2.72 bits per heavy atom. The standard InChI is InChI=1S/C24H29NO4/c1-26-20-11-9-18(10-12-20)16-27-15-13-23-21-8-5-14-24(21)25(29-23)22(17-28-24)19-6-3-2-4-7-19/h2-4,6-7,9-12,21-23H,5,8,13-17H2,1H3/t21-,22+,23+,24+/m1/s1. The topological polar surface area (TPSA) is 40.2 Å². The van der Waals surface area contributed by atoms with Crippen molar-refractivity contribution in [3.05, 3.63) is 65.7 Å². The first-order valence-electron chi connectivity index (χ1n) is 10.7. The molecule has 0 radical (unpaired) electrons. The van der Waals surface area contributed by atoms with Gasteiger partial charge in [0, 0.05) is 12.5 Å². The lowest BCUT2D eigenvalue weighted by molar-refractivity contribution is -0.228. The highest BCUT2D eigenvalue weighted by Gasteiger charge is 2.63. The molecule has 2 aromatic carbocycles. The molecule has 2 heterocycles. The zero-order valence-electron chi connectivity index (χ0n) is 17.0. The van der Waals surface area contributed by atoms with E-state index in [1.54, 1.807) is 7.11 Å². The summed E-state index contributed by atoms with van der Waals surface area (Å²) in [4.78, 5) is 6.50. The molecule has 5 rings (SSSR count). The van der Waals surface area contributed by atoms with Gasteiger partial charge in [-0.05, 0) is 48.9 Å². The number of methoxy groups -OCH3 is 1. The van der Waals surface area contributed by atoms with Crippen molar-refractivity contribution in [3.8, 4) is 5.75 Å². The van der Waals surface area contributed by atoms with Crippen molar-refractivity contribution in [2.24, 2.45) is 5.92 Å².